The van der Waals surface area contributed by atoms with Gasteiger partial charge in [-0.15, -0.1) is 0 Å². The first kappa shape index (κ1) is 15.1. The molecule has 5 nitrogen and oxygen atoms in total. The summed E-state index contributed by atoms with van der Waals surface area (Å²) in [6, 6.07) is 0. The molecular formula is C14H24FN3O2. The van der Waals surface area contributed by atoms with Crippen LogP contribution >= 0.6 is 0 Å². The minimum Gasteiger partial charge on any atom is -0.445 e. The minimum atomic E-state index is -0.808. The summed E-state index contributed by atoms with van der Waals surface area (Å²) in [6.07, 6.45) is 2.91. The number of alkyl halides is 1. The monoisotopic (exact) mass is 285 g/mol. The van der Waals surface area contributed by atoms with Gasteiger partial charge in [-0.2, -0.15) is 0 Å². The Balaban J connectivity index is 1.88. The number of nitrogens with one attached hydrogen (secondary N) is 1. The molecule has 1 amide bonds. The van der Waals surface area contributed by atoms with Gasteiger partial charge in [-0.3, -0.25) is 4.90 Å². The van der Waals surface area contributed by atoms with Gasteiger partial charge >= 0.3 is 6.09 Å². The molecule has 0 aliphatic carbocycles. The van der Waals surface area contributed by atoms with Gasteiger partial charge in [0.2, 0.25) is 0 Å². The molecule has 1 atom stereocenters. The van der Waals surface area contributed by atoms with Crippen LogP contribution in [0.5, 0.6) is 0 Å². The van der Waals surface area contributed by atoms with Crippen LogP contribution in [0.4, 0.5) is 9.18 Å². The molecule has 0 aromatic rings. The number of allylic oxidation sites excluding steroid dienone is 1. The molecule has 0 unspecified atom stereocenters. The van der Waals surface area contributed by atoms with Gasteiger partial charge in [0.1, 0.15) is 12.8 Å². The number of nitrogens with two attached hydrogens (primary N) is 1. The van der Waals surface area contributed by atoms with Crippen LogP contribution in [0.2, 0.25) is 0 Å². The second kappa shape index (κ2) is 5.99. The van der Waals surface area contributed by atoms with E-state index in [1.165, 1.54) is 6.08 Å². The van der Waals surface area contributed by atoms with E-state index in [0.29, 0.717) is 11.6 Å². The second-order valence-electron chi connectivity index (χ2n) is 6.15. The lowest BCUT2D eigenvalue weighted by atomic mass is 9.86. The highest BCUT2D eigenvalue weighted by molar-refractivity contribution is 5.69. The van der Waals surface area contributed by atoms with Crippen molar-refractivity contribution in [2.75, 3.05) is 26.3 Å². The topological polar surface area (TPSA) is 67.6 Å². The van der Waals surface area contributed by atoms with Gasteiger partial charge in [0, 0.05) is 12.2 Å². The van der Waals surface area contributed by atoms with Crippen molar-refractivity contribution in [3.05, 3.63) is 11.8 Å². The van der Waals surface area contributed by atoms with Crippen molar-refractivity contribution in [1.82, 2.24) is 10.2 Å². The third kappa shape index (κ3) is 3.42. The number of halogens is 1. The van der Waals surface area contributed by atoms with E-state index in [4.69, 9.17) is 10.5 Å². The maximum absolute atomic E-state index is 12.3. The van der Waals surface area contributed by atoms with Gasteiger partial charge in [-0.05, 0) is 51.8 Å². The van der Waals surface area contributed by atoms with Crippen LogP contribution < -0.4 is 11.1 Å². The predicted molar refractivity (Wildman–Crippen MR) is 74.9 cm³/mol. The Morgan fingerprint density at radius 3 is 2.65 bits per heavy atom. The van der Waals surface area contributed by atoms with E-state index >= 15 is 0 Å². The lowest BCUT2D eigenvalue weighted by molar-refractivity contribution is -0.0344. The molecule has 0 spiro atoms. The van der Waals surface area contributed by atoms with E-state index in [2.05, 4.69) is 10.2 Å². The maximum atomic E-state index is 12.3. The van der Waals surface area contributed by atoms with E-state index in [1.807, 2.05) is 0 Å². The van der Waals surface area contributed by atoms with Crippen LogP contribution in [0, 0.1) is 5.92 Å². The lowest BCUT2D eigenvalue weighted by Gasteiger charge is -2.44. The Hall–Kier alpha value is -1.30. The summed E-state index contributed by atoms with van der Waals surface area (Å²) in [7, 11) is 0. The summed E-state index contributed by atoms with van der Waals surface area (Å²) in [5.41, 5.74) is 5.24. The van der Waals surface area contributed by atoms with E-state index in [9.17, 15) is 9.18 Å². The summed E-state index contributed by atoms with van der Waals surface area (Å²) >= 11 is 0. The van der Waals surface area contributed by atoms with Crippen molar-refractivity contribution in [2.45, 2.75) is 38.3 Å². The highest BCUT2D eigenvalue weighted by Gasteiger charge is 2.37. The molecular weight excluding hydrogens is 261 g/mol. The molecule has 0 aromatic carbocycles. The van der Waals surface area contributed by atoms with Crippen molar-refractivity contribution in [2.24, 2.45) is 11.7 Å². The first-order valence-corrected chi connectivity index (χ1v) is 7.15. The number of fused-ring (bicyclic) bond motifs is 3. The number of piperidine rings is 3. The van der Waals surface area contributed by atoms with Crippen molar-refractivity contribution in [3.63, 3.8) is 0 Å². The first-order valence-electron chi connectivity index (χ1n) is 7.15. The zero-order valence-corrected chi connectivity index (χ0v) is 12.2. The number of rotatable bonds is 4. The van der Waals surface area contributed by atoms with Crippen molar-refractivity contribution < 1.29 is 13.9 Å². The smallest absolute Gasteiger partial charge is 0.408 e. The fourth-order valence-corrected chi connectivity index (χ4v) is 2.88. The van der Waals surface area contributed by atoms with E-state index < -0.39 is 18.3 Å². The van der Waals surface area contributed by atoms with Crippen LogP contribution in [0.3, 0.4) is 0 Å². The normalized spacial score (nSPS) is 30.1. The van der Waals surface area contributed by atoms with Gasteiger partial charge in [-0.25, -0.2) is 9.18 Å². The van der Waals surface area contributed by atoms with Gasteiger partial charge in [0.05, 0.1) is 5.54 Å². The second-order valence-corrected chi connectivity index (χ2v) is 6.15. The quantitative estimate of drug-likeness (QED) is 0.819. The summed E-state index contributed by atoms with van der Waals surface area (Å²) in [6.45, 7) is 5.83. The summed E-state index contributed by atoms with van der Waals surface area (Å²) in [4.78, 5) is 14.3. The standard InChI is InChI=1S/C14H24FN3O2/c1-14(2,12(16)3-6-15)17-13(19)20-11-9-18-7-4-10(11)5-8-18/h3,10-11H,4-9,16H2,1-2H3,(H,17,19)/b12-3-/t11-/m1/s1. The minimum absolute atomic E-state index is 0.0420. The molecule has 114 valence electrons. The fraction of sp³-hybridized carbons (Fsp3) is 0.786. The van der Waals surface area contributed by atoms with Crippen LogP contribution in [0.15, 0.2) is 11.8 Å². The molecule has 3 N–H and O–H groups in total. The van der Waals surface area contributed by atoms with Gasteiger partial charge in [0.25, 0.3) is 0 Å². The zero-order valence-electron chi connectivity index (χ0n) is 12.2. The molecule has 3 heterocycles. The number of amides is 1. The van der Waals surface area contributed by atoms with E-state index in [0.717, 1.165) is 32.5 Å². The Labute approximate surface area is 119 Å². The SMILES string of the molecule is CC(C)(NC(=O)O[C@@H]1CN2CCC1CC2)/C(N)=C/CF. The van der Waals surface area contributed by atoms with Gasteiger partial charge in [-0.1, -0.05) is 0 Å². The third-order valence-corrected chi connectivity index (χ3v) is 4.29. The van der Waals surface area contributed by atoms with Gasteiger partial charge < -0.3 is 15.8 Å². The molecule has 3 saturated heterocycles. The molecule has 3 aliphatic heterocycles. The van der Waals surface area contributed by atoms with E-state index in [1.54, 1.807) is 13.8 Å². The number of hydrogen-bond donors (Lipinski definition) is 2. The number of carbonyl (C=O) groups is 1. The number of alkyl carbamates (subject to hydrolysis) is 1. The number of hydrogen-bond acceptors (Lipinski definition) is 4. The summed E-state index contributed by atoms with van der Waals surface area (Å²) in [5.74, 6) is 0.465. The lowest BCUT2D eigenvalue weighted by Crippen LogP contribution is -2.54. The van der Waals surface area contributed by atoms with Crippen molar-refractivity contribution in [3.8, 4) is 0 Å². The zero-order chi connectivity index (χ0) is 14.8. The fourth-order valence-electron chi connectivity index (χ4n) is 2.88. The molecule has 3 aliphatic rings. The molecule has 3 rings (SSSR count). The number of carbonyl (C=O) groups excluding carboxylic acids is 1. The molecule has 0 radical (unpaired) electrons. The molecule has 20 heavy (non-hydrogen) atoms. The molecule has 0 saturated carbocycles. The Kier molecular flexibility index (Phi) is 4.52. The van der Waals surface area contributed by atoms with Crippen molar-refractivity contribution >= 4 is 6.09 Å². The van der Waals surface area contributed by atoms with Gasteiger partial charge in [0.15, 0.2) is 0 Å². The van der Waals surface area contributed by atoms with Crippen molar-refractivity contribution in [1.29, 1.82) is 0 Å². The van der Waals surface area contributed by atoms with Crippen LogP contribution in [-0.2, 0) is 4.74 Å². The Morgan fingerprint density at radius 1 is 1.50 bits per heavy atom. The number of ether oxygens (including phenoxy) is 1. The molecule has 2 bridgehead atoms. The first-order chi connectivity index (χ1) is 9.42. The molecule has 6 heteroatoms. The average molecular weight is 285 g/mol. The Bertz CT molecular complexity index is 390. The maximum Gasteiger partial charge on any atom is 0.408 e. The predicted octanol–water partition coefficient (Wildman–Crippen LogP) is 1.40. The highest BCUT2D eigenvalue weighted by Crippen LogP contribution is 2.29. The summed E-state index contributed by atoms with van der Waals surface area (Å²) in [5, 5.41) is 2.71. The summed E-state index contributed by atoms with van der Waals surface area (Å²) < 4.78 is 17.8. The van der Waals surface area contributed by atoms with Crippen LogP contribution in [-0.4, -0.2) is 48.9 Å². The van der Waals surface area contributed by atoms with Crippen LogP contribution in [0.25, 0.3) is 0 Å². The van der Waals surface area contributed by atoms with E-state index in [-0.39, 0.29) is 6.10 Å². The molecule has 3 fully saturated rings. The largest absolute Gasteiger partial charge is 0.445 e. The average Bonchev–Trinajstić information content (AvgIpc) is 2.39. The highest BCUT2D eigenvalue weighted by atomic mass is 19.1. The van der Waals surface area contributed by atoms with Crippen LogP contribution in [0.1, 0.15) is 26.7 Å². The third-order valence-electron chi connectivity index (χ3n) is 4.29. The molecule has 0 aromatic heterocycles. The number of nitrogens with zero attached hydrogens (tertiary/aromatic N) is 1. The Morgan fingerprint density at radius 2 is 2.15 bits per heavy atom.